The highest BCUT2D eigenvalue weighted by atomic mass is 16.2. The molecule has 110 valence electrons. The van der Waals surface area contributed by atoms with Gasteiger partial charge in [0.15, 0.2) is 5.69 Å². The first-order valence-corrected chi connectivity index (χ1v) is 7.22. The lowest BCUT2D eigenvalue weighted by atomic mass is 10.2. The average Bonchev–Trinajstić information content (AvgIpc) is 3.28. The molecule has 6 heteroatoms. The van der Waals surface area contributed by atoms with Crippen molar-refractivity contribution in [1.29, 1.82) is 0 Å². The Hall–Kier alpha value is -2.37. The van der Waals surface area contributed by atoms with Crippen molar-refractivity contribution in [3.63, 3.8) is 0 Å². The van der Waals surface area contributed by atoms with Crippen molar-refractivity contribution in [2.75, 3.05) is 12.3 Å². The first kappa shape index (κ1) is 13.6. The fourth-order valence-corrected chi connectivity index (χ4v) is 2.40. The molecule has 0 unspecified atom stereocenters. The second kappa shape index (κ2) is 5.55. The lowest BCUT2D eigenvalue weighted by Crippen LogP contribution is -2.31. The van der Waals surface area contributed by atoms with E-state index < -0.39 is 0 Å². The highest BCUT2D eigenvalue weighted by Gasteiger charge is 2.31. The van der Waals surface area contributed by atoms with Gasteiger partial charge in [-0.15, -0.1) is 0 Å². The lowest BCUT2D eigenvalue weighted by molar-refractivity contribution is 0.0747. The van der Waals surface area contributed by atoms with Crippen molar-refractivity contribution in [1.82, 2.24) is 20.1 Å². The number of nitrogens with two attached hydrogens (primary N) is 1. The summed E-state index contributed by atoms with van der Waals surface area (Å²) in [6.45, 7) is 3.08. The Morgan fingerprint density at radius 3 is 2.76 bits per heavy atom. The summed E-state index contributed by atoms with van der Waals surface area (Å²) < 4.78 is 0. The van der Waals surface area contributed by atoms with E-state index >= 15 is 0 Å². The van der Waals surface area contributed by atoms with Gasteiger partial charge in [-0.3, -0.25) is 14.9 Å². The van der Waals surface area contributed by atoms with Crippen LogP contribution in [0.1, 0.15) is 47.4 Å². The summed E-state index contributed by atoms with van der Waals surface area (Å²) in [5.41, 5.74) is 8.88. The van der Waals surface area contributed by atoms with Crippen molar-refractivity contribution in [3.8, 4) is 0 Å². The van der Waals surface area contributed by atoms with E-state index in [1.165, 1.54) is 0 Å². The largest absolute Gasteiger partial charge is 0.395 e. The molecule has 21 heavy (non-hydrogen) atoms. The molecule has 3 rings (SSSR count). The van der Waals surface area contributed by atoms with Crippen molar-refractivity contribution in [2.24, 2.45) is 0 Å². The molecule has 1 amide bonds. The molecule has 0 atom stereocenters. The summed E-state index contributed by atoms with van der Waals surface area (Å²) in [5, 5.41) is 7.06. The van der Waals surface area contributed by atoms with Crippen LogP contribution in [-0.2, 0) is 6.54 Å². The Kier molecular flexibility index (Phi) is 3.60. The number of nitrogen functional groups attached to an aromatic ring is 1. The minimum atomic E-state index is -0.130. The highest BCUT2D eigenvalue weighted by molar-refractivity contribution is 5.97. The van der Waals surface area contributed by atoms with Gasteiger partial charge < -0.3 is 10.6 Å². The van der Waals surface area contributed by atoms with Gasteiger partial charge in [-0.05, 0) is 37.5 Å². The smallest absolute Gasteiger partial charge is 0.276 e. The van der Waals surface area contributed by atoms with Gasteiger partial charge in [-0.2, -0.15) is 5.10 Å². The van der Waals surface area contributed by atoms with E-state index in [1.807, 2.05) is 19.1 Å². The van der Waals surface area contributed by atoms with E-state index in [9.17, 15) is 4.79 Å². The van der Waals surface area contributed by atoms with E-state index in [2.05, 4.69) is 15.2 Å². The Labute approximate surface area is 123 Å². The van der Waals surface area contributed by atoms with Gasteiger partial charge in [-0.25, -0.2) is 0 Å². The number of rotatable bonds is 5. The first-order valence-electron chi connectivity index (χ1n) is 7.22. The zero-order valence-corrected chi connectivity index (χ0v) is 12.0. The number of carbonyl (C=O) groups is 1. The molecular weight excluding hydrogens is 266 g/mol. The Bertz CT molecular complexity index is 633. The number of hydrogen-bond donors (Lipinski definition) is 2. The molecule has 1 aliphatic rings. The molecule has 2 heterocycles. The number of aromatic amines is 1. The number of nitrogens with zero attached hydrogens (tertiary/aromatic N) is 3. The minimum Gasteiger partial charge on any atom is -0.395 e. The fourth-order valence-electron chi connectivity index (χ4n) is 2.40. The van der Waals surface area contributed by atoms with Crippen LogP contribution in [0.15, 0.2) is 24.5 Å². The van der Waals surface area contributed by atoms with Crippen molar-refractivity contribution >= 4 is 11.6 Å². The van der Waals surface area contributed by atoms with Gasteiger partial charge in [0.05, 0.1) is 11.4 Å². The quantitative estimate of drug-likeness (QED) is 0.878. The molecule has 1 saturated carbocycles. The third-order valence-electron chi connectivity index (χ3n) is 3.81. The zero-order chi connectivity index (χ0) is 14.8. The minimum absolute atomic E-state index is 0.130. The molecule has 0 spiro atoms. The zero-order valence-electron chi connectivity index (χ0n) is 12.0. The van der Waals surface area contributed by atoms with Gasteiger partial charge in [-0.1, -0.05) is 0 Å². The summed E-state index contributed by atoms with van der Waals surface area (Å²) in [5.74, 6) is 0.323. The van der Waals surface area contributed by atoms with Crippen LogP contribution in [-0.4, -0.2) is 32.5 Å². The molecule has 0 radical (unpaired) electrons. The van der Waals surface area contributed by atoms with Crippen LogP contribution in [0.2, 0.25) is 0 Å². The number of amides is 1. The second-order valence-corrected chi connectivity index (χ2v) is 5.35. The molecule has 0 bridgehead atoms. The predicted octanol–water partition coefficient (Wildman–Crippen LogP) is 1.93. The van der Waals surface area contributed by atoms with Crippen LogP contribution in [0.25, 0.3) is 0 Å². The maximum Gasteiger partial charge on any atom is 0.276 e. The normalized spacial score (nSPS) is 14.1. The summed E-state index contributed by atoms with van der Waals surface area (Å²) in [6, 6.07) is 3.80. The van der Waals surface area contributed by atoms with E-state index in [-0.39, 0.29) is 5.91 Å². The molecule has 1 aliphatic carbocycles. The van der Waals surface area contributed by atoms with Crippen molar-refractivity contribution < 1.29 is 4.79 Å². The SMILES string of the molecule is CCN(Cc1ccncc1)C(=O)c1n[nH]c(C2CC2)c1N. The first-order chi connectivity index (χ1) is 10.2. The number of H-pyrrole nitrogens is 1. The number of aromatic nitrogens is 3. The molecule has 0 aromatic carbocycles. The summed E-state index contributed by atoms with van der Waals surface area (Å²) in [7, 11) is 0. The summed E-state index contributed by atoms with van der Waals surface area (Å²) in [6.07, 6.45) is 5.69. The molecule has 2 aromatic heterocycles. The molecule has 3 N–H and O–H groups in total. The summed E-state index contributed by atoms with van der Waals surface area (Å²) >= 11 is 0. The monoisotopic (exact) mass is 285 g/mol. The van der Waals surface area contributed by atoms with Crippen LogP contribution in [0, 0.1) is 0 Å². The van der Waals surface area contributed by atoms with Crippen LogP contribution in [0.4, 0.5) is 5.69 Å². The molecule has 0 saturated heterocycles. The Balaban J connectivity index is 1.79. The maximum absolute atomic E-state index is 12.6. The van der Waals surface area contributed by atoms with Gasteiger partial charge >= 0.3 is 0 Å². The Morgan fingerprint density at radius 1 is 1.43 bits per heavy atom. The van der Waals surface area contributed by atoms with E-state index in [4.69, 9.17) is 5.73 Å². The lowest BCUT2D eigenvalue weighted by Gasteiger charge is -2.20. The number of hydrogen-bond acceptors (Lipinski definition) is 4. The van der Waals surface area contributed by atoms with E-state index in [0.29, 0.717) is 30.4 Å². The van der Waals surface area contributed by atoms with Gasteiger partial charge in [0, 0.05) is 31.4 Å². The number of carbonyl (C=O) groups excluding carboxylic acids is 1. The van der Waals surface area contributed by atoms with E-state index in [1.54, 1.807) is 17.3 Å². The maximum atomic E-state index is 12.6. The standard InChI is InChI=1S/C15H19N5O/c1-2-20(9-10-5-7-17-8-6-10)15(21)14-12(16)13(18-19-14)11-3-4-11/h5-8,11H,2-4,9,16H2,1H3,(H,18,19). The van der Waals surface area contributed by atoms with E-state index in [0.717, 1.165) is 24.1 Å². The molecule has 1 fully saturated rings. The topological polar surface area (TPSA) is 87.9 Å². The molecule has 2 aromatic rings. The highest BCUT2D eigenvalue weighted by Crippen LogP contribution is 2.42. The molecular formula is C15H19N5O. The number of nitrogens with one attached hydrogen (secondary N) is 1. The van der Waals surface area contributed by atoms with Crippen LogP contribution >= 0.6 is 0 Å². The fraction of sp³-hybridized carbons (Fsp3) is 0.400. The molecule has 6 nitrogen and oxygen atoms in total. The Morgan fingerprint density at radius 2 is 2.14 bits per heavy atom. The van der Waals surface area contributed by atoms with Gasteiger partial charge in [0.1, 0.15) is 0 Å². The van der Waals surface area contributed by atoms with Crippen LogP contribution in [0.5, 0.6) is 0 Å². The van der Waals surface area contributed by atoms with Crippen LogP contribution < -0.4 is 5.73 Å². The van der Waals surface area contributed by atoms with Crippen LogP contribution in [0.3, 0.4) is 0 Å². The predicted molar refractivity (Wildman–Crippen MR) is 79.6 cm³/mol. The van der Waals surface area contributed by atoms with Gasteiger partial charge in [0.25, 0.3) is 5.91 Å². The number of anilines is 1. The van der Waals surface area contributed by atoms with Crippen molar-refractivity contribution in [2.45, 2.75) is 32.2 Å². The third-order valence-corrected chi connectivity index (χ3v) is 3.81. The average molecular weight is 285 g/mol. The number of pyridine rings is 1. The molecule has 0 aliphatic heterocycles. The second-order valence-electron chi connectivity index (χ2n) is 5.35. The third kappa shape index (κ3) is 2.74. The van der Waals surface area contributed by atoms with Gasteiger partial charge in [0.2, 0.25) is 0 Å². The van der Waals surface area contributed by atoms with Crippen molar-refractivity contribution in [3.05, 3.63) is 41.5 Å². The summed E-state index contributed by atoms with van der Waals surface area (Å²) in [4.78, 5) is 18.3.